The van der Waals surface area contributed by atoms with Gasteiger partial charge in [0, 0.05) is 42.3 Å². The predicted molar refractivity (Wildman–Crippen MR) is 110 cm³/mol. The molecule has 6 nitrogen and oxygen atoms in total. The summed E-state index contributed by atoms with van der Waals surface area (Å²) in [5.41, 5.74) is 1.88. The van der Waals surface area contributed by atoms with E-state index < -0.39 is 5.92 Å². The Balaban J connectivity index is 1.75. The van der Waals surface area contributed by atoms with Crippen molar-refractivity contribution in [3.63, 3.8) is 0 Å². The van der Waals surface area contributed by atoms with Crippen molar-refractivity contribution in [2.45, 2.75) is 32.6 Å². The first-order valence-electron chi connectivity index (χ1n) is 10.0. The van der Waals surface area contributed by atoms with Crippen LogP contribution in [0.2, 0.25) is 0 Å². The zero-order valence-electron chi connectivity index (χ0n) is 17.1. The fraction of sp³-hybridized carbons (Fsp3) is 0.240. The molecule has 0 fully saturated rings. The average molecular weight is 410 g/mol. The van der Waals surface area contributed by atoms with Gasteiger partial charge in [0.2, 0.25) is 5.78 Å². The minimum atomic E-state index is -0.722. The Morgan fingerprint density at radius 2 is 1.74 bits per heavy atom. The Kier molecular flexibility index (Phi) is 4.06. The van der Waals surface area contributed by atoms with Crippen LogP contribution in [0.4, 0.5) is 0 Å². The largest absolute Gasteiger partial charge is 0.457 e. The molecule has 1 aromatic heterocycles. The Morgan fingerprint density at radius 1 is 1.00 bits per heavy atom. The molecule has 5 rings (SSSR count). The Morgan fingerprint density at radius 3 is 2.45 bits per heavy atom. The third-order valence-electron chi connectivity index (χ3n) is 6.06. The second-order valence-corrected chi connectivity index (χ2v) is 8.87. The smallest absolute Gasteiger partial charge is 0.229 e. The van der Waals surface area contributed by atoms with Gasteiger partial charge in [0.05, 0.1) is 22.8 Å². The van der Waals surface area contributed by atoms with Crippen molar-refractivity contribution in [2.24, 2.45) is 5.41 Å². The Bertz CT molecular complexity index is 1290. The second kappa shape index (κ2) is 6.58. The van der Waals surface area contributed by atoms with Crippen LogP contribution in [0.1, 0.15) is 64.4 Å². The Hall–Kier alpha value is -3.85. The van der Waals surface area contributed by atoms with Crippen molar-refractivity contribution >= 4 is 17.3 Å². The van der Waals surface area contributed by atoms with E-state index in [2.05, 4.69) is 11.1 Å². The van der Waals surface area contributed by atoms with Gasteiger partial charge in [-0.15, -0.1) is 0 Å². The zero-order chi connectivity index (χ0) is 21.9. The van der Waals surface area contributed by atoms with E-state index in [1.54, 1.807) is 24.3 Å². The second-order valence-electron chi connectivity index (χ2n) is 8.87. The highest BCUT2D eigenvalue weighted by Crippen LogP contribution is 2.51. The number of fused-ring (bicyclic) bond motifs is 1. The lowest BCUT2D eigenvalue weighted by atomic mass is 9.67. The van der Waals surface area contributed by atoms with Gasteiger partial charge in [-0.05, 0) is 29.2 Å². The average Bonchev–Trinajstić information content (AvgIpc) is 2.75. The lowest BCUT2D eigenvalue weighted by Crippen LogP contribution is -2.37. The van der Waals surface area contributed by atoms with Crippen LogP contribution < -0.4 is 0 Å². The maximum atomic E-state index is 13.5. The zero-order valence-corrected chi connectivity index (χ0v) is 17.1. The van der Waals surface area contributed by atoms with E-state index in [1.165, 1.54) is 18.5 Å². The number of benzene rings is 1. The number of pyridine rings is 1. The van der Waals surface area contributed by atoms with E-state index in [0.717, 1.165) is 0 Å². The number of rotatable bonds is 1. The highest BCUT2D eigenvalue weighted by molar-refractivity contribution is 6.27. The van der Waals surface area contributed by atoms with E-state index in [-0.39, 0.29) is 45.2 Å². The first kappa shape index (κ1) is 19.1. The summed E-state index contributed by atoms with van der Waals surface area (Å²) in [5.74, 6) is -1.12. The summed E-state index contributed by atoms with van der Waals surface area (Å²) < 4.78 is 6.03. The van der Waals surface area contributed by atoms with Gasteiger partial charge in [-0.3, -0.25) is 19.4 Å². The molecular formula is C25H18N2O4. The fourth-order valence-corrected chi connectivity index (χ4v) is 4.67. The third-order valence-corrected chi connectivity index (χ3v) is 6.06. The van der Waals surface area contributed by atoms with Gasteiger partial charge in [0.15, 0.2) is 17.3 Å². The minimum Gasteiger partial charge on any atom is -0.457 e. The standard InChI is InChI=1S/C25H18N2O4/c1-25(2)9-17(28)20-18(10-25)31-24-21(19(20)14-5-3-13(11-26)4-6-14)22(29)16-12-27-8-7-15(16)23(24)30/h3-8,12,19H,9-10H2,1-2H3. The maximum absolute atomic E-state index is 13.5. The molecule has 0 radical (unpaired) electrons. The monoisotopic (exact) mass is 410 g/mol. The van der Waals surface area contributed by atoms with Gasteiger partial charge < -0.3 is 4.74 Å². The summed E-state index contributed by atoms with van der Waals surface area (Å²) >= 11 is 0. The predicted octanol–water partition coefficient (Wildman–Crippen LogP) is 4.04. The molecule has 0 N–H and O–H groups in total. The molecule has 31 heavy (non-hydrogen) atoms. The van der Waals surface area contributed by atoms with Crippen LogP contribution >= 0.6 is 0 Å². The summed E-state index contributed by atoms with van der Waals surface area (Å²) in [6.07, 6.45) is 3.66. The van der Waals surface area contributed by atoms with Gasteiger partial charge in [-0.25, -0.2) is 0 Å². The summed E-state index contributed by atoms with van der Waals surface area (Å²) in [7, 11) is 0. The van der Waals surface area contributed by atoms with Crippen LogP contribution in [-0.4, -0.2) is 22.3 Å². The number of allylic oxidation sites excluding steroid dienone is 4. The SMILES string of the molecule is CC1(C)CC(=O)C2=C(C1)OC1=C(C(=O)c3cnccc3C1=O)C2c1ccc(C#N)cc1. The number of hydrogen-bond acceptors (Lipinski definition) is 6. The number of carbonyl (C=O) groups is 3. The van der Waals surface area contributed by atoms with E-state index in [0.29, 0.717) is 35.3 Å². The molecule has 2 aliphatic carbocycles. The Labute approximate surface area is 178 Å². The minimum absolute atomic E-state index is 0.0118. The van der Waals surface area contributed by atoms with Crippen molar-refractivity contribution in [1.29, 1.82) is 5.26 Å². The summed E-state index contributed by atoms with van der Waals surface area (Å²) in [6.45, 7) is 3.96. The molecule has 0 saturated carbocycles. The van der Waals surface area contributed by atoms with Crippen molar-refractivity contribution in [3.8, 4) is 6.07 Å². The van der Waals surface area contributed by atoms with Crippen LogP contribution in [0.5, 0.6) is 0 Å². The summed E-state index contributed by atoms with van der Waals surface area (Å²) in [6, 6.07) is 10.3. The number of nitriles is 1. The number of carbonyl (C=O) groups excluding carboxylic acids is 3. The third kappa shape index (κ3) is 2.85. The molecule has 0 amide bonds. The molecule has 1 aliphatic heterocycles. The van der Waals surface area contributed by atoms with Gasteiger partial charge in [-0.1, -0.05) is 26.0 Å². The van der Waals surface area contributed by atoms with E-state index in [4.69, 9.17) is 10.00 Å². The van der Waals surface area contributed by atoms with E-state index in [1.807, 2.05) is 13.8 Å². The normalized spacial score (nSPS) is 21.7. The molecule has 1 aromatic carbocycles. The van der Waals surface area contributed by atoms with Crippen LogP contribution in [0.3, 0.4) is 0 Å². The number of ketones is 3. The van der Waals surface area contributed by atoms with E-state index in [9.17, 15) is 14.4 Å². The van der Waals surface area contributed by atoms with Gasteiger partial charge in [0.25, 0.3) is 0 Å². The first-order chi connectivity index (χ1) is 14.8. The van der Waals surface area contributed by atoms with Crippen LogP contribution in [0.15, 0.2) is 65.4 Å². The molecule has 152 valence electrons. The lowest BCUT2D eigenvalue weighted by Gasteiger charge is -2.39. The summed E-state index contributed by atoms with van der Waals surface area (Å²) in [5, 5.41) is 9.15. The van der Waals surface area contributed by atoms with Crippen molar-refractivity contribution < 1.29 is 19.1 Å². The number of hydrogen-bond donors (Lipinski definition) is 0. The lowest BCUT2D eigenvalue weighted by molar-refractivity contribution is -0.119. The molecule has 2 heterocycles. The fourth-order valence-electron chi connectivity index (χ4n) is 4.67. The number of Topliss-reactive ketones (excluding diaryl/α,β-unsaturated/α-hetero) is 3. The number of nitrogens with zero attached hydrogens (tertiary/aromatic N) is 2. The molecule has 0 saturated heterocycles. The first-order valence-corrected chi connectivity index (χ1v) is 10.0. The van der Waals surface area contributed by atoms with Gasteiger partial charge in [-0.2, -0.15) is 5.26 Å². The molecular weight excluding hydrogens is 392 g/mol. The van der Waals surface area contributed by atoms with Crippen molar-refractivity contribution in [1.82, 2.24) is 4.98 Å². The van der Waals surface area contributed by atoms with Crippen LogP contribution in [0, 0.1) is 16.7 Å². The van der Waals surface area contributed by atoms with Gasteiger partial charge >= 0.3 is 0 Å². The maximum Gasteiger partial charge on any atom is 0.229 e. The van der Waals surface area contributed by atoms with E-state index >= 15 is 0 Å². The topological polar surface area (TPSA) is 97.1 Å². The molecule has 1 atom stereocenters. The molecule has 0 spiro atoms. The van der Waals surface area contributed by atoms with Crippen LogP contribution in [-0.2, 0) is 9.53 Å². The number of aromatic nitrogens is 1. The highest BCUT2D eigenvalue weighted by atomic mass is 16.5. The number of ether oxygens (including phenoxy) is 1. The molecule has 6 heteroatoms. The quantitative estimate of drug-likeness (QED) is 0.704. The molecule has 0 bridgehead atoms. The molecule has 1 unspecified atom stereocenters. The molecule has 3 aliphatic rings. The summed E-state index contributed by atoms with van der Waals surface area (Å²) in [4.78, 5) is 44.0. The van der Waals surface area contributed by atoms with Crippen LogP contribution in [0.25, 0.3) is 0 Å². The molecule has 2 aromatic rings. The van der Waals surface area contributed by atoms with Crippen molar-refractivity contribution in [3.05, 3.63) is 87.6 Å². The highest BCUT2D eigenvalue weighted by Gasteiger charge is 2.48. The van der Waals surface area contributed by atoms with Gasteiger partial charge in [0.1, 0.15) is 5.76 Å². The van der Waals surface area contributed by atoms with Crippen molar-refractivity contribution in [2.75, 3.05) is 0 Å².